The zero-order valence-electron chi connectivity index (χ0n) is 10.7. The molecule has 0 bridgehead atoms. The van der Waals surface area contributed by atoms with Crippen LogP contribution in [0, 0.1) is 5.92 Å². The Bertz CT molecular complexity index is 492. The third-order valence-corrected chi connectivity index (χ3v) is 3.29. The molecule has 19 heavy (non-hydrogen) atoms. The number of anilines is 1. The van der Waals surface area contributed by atoms with Crippen LogP contribution in [0.25, 0.3) is 10.4 Å². The third kappa shape index (κ3) is 3.24. The van der Waals surface area contributed by atoms with Gasteiger partial charge in [-0.3, -0.25) is 4.79 Å². The molecule has 1 saturated heterocycles. The maximum absolute atomic E-state index is 11.9. The standard InChI is InChI=1S/C13H17N5O/c14-6-5-10-1-3-12(4-2-10)18-9-11(7-13(18)19)8-16-17-15/h1-4,11H,5-9,14H2. The molecule has 1 atom stereocenters. The summed E-state index contributed by atoms with van der Waals surface area (Å²) in [6.07, 6.45) is 1.29. The Balaban J connectivity index is 2.05. The minimum Gasteiger partial charge on any atom is -0.330 e. The summed E-state index contributed by atoms with van der Waals surface area (Å²) in [6, 6.07) is 7.88. The Morgan fingerprint density at radius 3 is 2.79 bits per heavy atom. The first-order chi connectivity index (χ1) is 9.24. The van der Waals surface area contributed by atoms with Crippen LogP contribution in [0.3, 0.4) is 0 Å². The van der Waals surface area contributed by atoms with Gasteiger partial charge in [-0.2, -0.15) is 0 Å². The molecule has 1 amide bonds. The van der Waals surface area contributed by atoms with Crippen LogP contribution in [0.2, 0.25) is 0 Å². The van der Waals surface area contributed by atoms with Gasteiger partial charge in [0.1, 0.15) is 0 Å². The van der Waals surface area contributed by atoms with Crippen molar-refractivity contribution in [2.45, 2.75) is 12.8 Å². The molecule has 1 aromatic carbocycles. The molecule has 6 nitrogen and oxygen atoms in total. The molecule has 2 rings (SSSR count). The van der Waals surface area contributed by atoms with Gasteiger partial charge in [0.2, 0.25) is 5.91 Å². The second kappa shape index (κ2) is 6.22. The zero-order chi connectivity index (χ0) is 13.7. The summed E-state index contributed by atoms with van der Waals surface area (Å²) >= 11 is 0. The highest BCUT2D eigenvalue weighted by atomic mass is 16.2. The molecule has 0 radical (unpaired) electrons. The number of carbonyl (C=O) groups is 1. The number of benzene rings is 1. The van der Waals surface area contributed by atoms with Gasteiger partial charge in [0.15, 0.2) is 0 Å². The molecule has 1 aliphatic heterocycles. The number of nitrogens with two attached hydrogens (primary N) is 1. The van der Waals surface area contributed by atoms with Crippen molar-refractivity contribution in [3.8, 4) is 0 Å². The van der Waals surface area contributed by atoms with Crippen molar-refractivity contribution in [3.63, 3.8) is 0 Å². The summed E-state index contributed by atoms with van der Waals surface area (Å²) in [4.78, 5) is 16.4. The number of hydrogen-bond acceptors (Lipinski definition) is 3. The second-order valence-corrected chi connectivity index (χ2v) is 4.69. The molecule has 1 heterocycles. The number of carbonyl (C=O) groups excluding carboxylic acids is 1. The maximum atomic E-state index is 11.9. The highest BCUT2D eigenvalue weighted by molar-refractivity contribution is 5.95. The lowest BCUT2D eigenvalue weighted by atomic mass is 10.1. The van der Waals surface area contributed by atoms with E-state index in [9.17, 15) is 4.79 Å². The first-order valence-electron chi connectivity index (χ1n) is 6.35. The molecule has 2 N–H and O–H groups in total. The van der Waals surface area contributed by atoms with Crippen molar-refractivity contribution < 1.29 is 4.79 Å². The smallest absolute Gasteiger partial charge is 0.227 e. The fourth-order valence-electron chi connectivity index (χ4n) is 2.31. The molecule has 6 heteroatoms. The Kier molecular flexibility index (Phi) is 4.39. The minimum atomic E-state index is 0.0877. The number of rotatable bonds is 5. The van der Waals surface area contributed by atoms with Crippen molar-refractivity contribution in [2.24, 2.45) is 16.8 Å². The van der Waals surface area contributed by atoms with E-state index in [1.165, 1.54) is 5.56 Å². The van der Waals surface area contributed by atoms with Crippen molar-refractivity contribution >= 4 is 11.6 Å². The Hall–Kier alpha value is -2.04. The Morgan fingerprint density at radius 1 is 1.42 bits per heavy atom. The fourth-order valence-corrected chi connectivity index (χ4v) is 2.31. The van der Waals surface area contributed by atoms with Crippen molar-refractivity contribution in [3.05, 3.63) is 40.3 Å². The molecule has 1 fully saturated rings. The van der Waals surface area contributed by atoms with Gasteiger partial charge in [0.05, 0.1) is 0 Å². The third-order valence-electron chi connectivity index (χ3n) is 3.29. The van der Waals surface area contributed by atoms with E-state index in [-0.39, 0.29) is 11.8 Å². The van der Waals surface area contributed by atoms with Crippen LogP contribution >= 0.6 is 0 Å². The van der Waals surface area contributed by atoms with Crippen molar-refractivity contribution in [1.82, 2.24) is 0 Å². The molecule has 0 aliphatic carbocycles. The summed E-state index contributed by atoms with van der Waals surface area (Å²) in [5.41, 5.74) is 15.9. The summed E-state index contributed by atoms with van der Waals surface area (Å²) in [5.74, 6) is 0.205. The SMILES string of the molecule is [N-]=[N+]=NCC1CC(=O)N(c2ccc(CCN)cc2)C1. The molecular weight excluding hydrogens is 242 g/mol. The topological polar surface area (TPSA) is 95.1 Å². The van der Waals surface area contributed by atoms with E-state index in [2.05, 4.69) is 10.0 Å². The van der Waals surface area contributed by atoms with Crippen LogP contribution in [0.15, 0.2) is 29.4 Å². The van der Waals surface area contributed by atoms with Gasteiger partial charge >= 0.3 is 0 Å². The summed E-state index contributed by atoms with van der Waals surface area (Å²) in [7, 11) is 0. The van der Waals surface area contributed by atoms with E-state index >= 15 is 0 Å². The van der Waals surface area contributed by atoms with Gasteiger partial charge in [-0.1, -0.05) is 17.2 Å². The van der Waals surface area contributed by atoms with Gasteiger partial charge in [-0.25, -0.2) is 0 Å². The van der Waals surface area contributed by atoms with Crippen molar-refractivity contribution in [2.75, 3.05) is 24.5 Å². The average Bonchev–Trinajstić information content (AvgIpc) is 2.79. The quantitative estimate of drug-likeness (QED) is 0.496. The van der Waals surface area contributed by atoms with E-state index in [0.29, 0.717) is 26.1 Å². The molecule has 1 aromatic rings. The van der Waals surface area contributed by atoms with Gasteiger partial charge < -0.3 is 10.6 Å². The second-order valence-electron chi connectivity index (χ2n) is 4.69. The molecule has 0 saturated carbocycles. The number of nitrogens with zero attached hydrogens (tertiary/aromatic N) is 4. The minimum absolute atomic E-state index is 0.0877. The van der Waals surface area contributed by atoms with E-state index in [4.69, 9.17) is 11.3 Å². The predicted octanol–water partition coefficient (Wildman–Crippen LogP) is 1.85. The first-order valence-corrected chi connectivity index (χ1v) is 6.35. The van der Waals surface area contributed by atoms with E-state index in [1.807, 2.05) is 24.3 Å². The van der Waals surface area contributed by atoms with Crippen LogP contribution in [-0.4, -0.2) is 25.5 Å². The lowest BCUT2D eigenvalue weighted by molar-refractivity contribution is -0.117. The van der Waals surface area contributed by atoms with Gasteiger partial charge in [-0.15, -0.1) is 0 Å². The largest absolute Gasteiger partial charge is 0.330 e. The van der Waals surface area contributed by atoms with Gasteiger partial charge in [-0.05, 0) is 42.1 Å². The van der Waals surface area contributed by atoms with Gasteiger partial charge in [0.25, 0.3) is 0 Å². The monoisotopic (exact) mass is 259 g/mol. The molecule has 1 aliphatic rings. The lowest BCUT2D eigenvalue weighted by Gasteiger charge is -2.16. The fraction of sp³-hybridized carbons (Fsp3) is 0.462. The maximum Gasteiger partial charge on any atom is 0.227 e. The predicted molar refractivity (Wildman–Crippen MR) is 73.7 cm³/mol. The van der Waals surface area contributed by atoms with Crippen LogP contribution in [0.5, 0.6) is 0 Å². The zero-order valence-corrected chi connectivity index (χ0v) is 10.7. The number of amides is 1. The van der Waals surface area contributed by atoms with Crippen LogP contribution in [0.1, 0.15) is 12.0 Å². The normalized spacial score (nSPS) is 18.5. The average molecular weight is 259 g/mol. The number of hydrogen-bond donors (Lipinski definition) is 1. The summed E-state index contributed by atoms with van der Waals surface area (Å²) in [5, 5.41) is 3.54. The van der Waals surface area contributed by atoms with Gasteiger partial charge in [0, 0.05) is 30.1 Å². The van der Waals surface area contributed by atoms with Crippen molar-refractivity contribution in [1.29, 1.82) is 0 Å². The van der Waals surface area contributed by atoms with E-state index in [1.54, 1.807) is 4.90 Å². The summed E-state index contributed by atoms with van der Waals surface area (Å²) < 4.78 is 0. The van der Waals surface area contributed by atoms with E-state index in [0.717, 1.165) is 12.1 Å². The Morgan fingerprint density at radius 2 is 2.16 bits per heavy atom. The molecular formula is C13H17N5O. The first kappa shape index (κ1) is 13.4. The molecule has 0 aromatic heterocycles. The highest BCUT2D eigenvalue weighted by Gasteiger charge is 2.29. The lowest BCUT2D eigenvalue weighted by Crippen LogP contribution is -2.24. The highest BCUT2D eigenvalue weighted by Crippen LogP contribution is 2.25. The van der Waals surface area contributed by atoms with E-state index < -0.39 is 0 Å². The Labute approximate surface area is 111 Å². The van der Waals surface area contributed by atoms with Crippen LogP contribution in [0.4, 0.5) is 5.69 Å². The molecule has 0 spiro atoms. The summed E-state index contributed by atoms with van der Waals surface area (Å²) in [6.45, 7) is 1.62. The van der Waals surface area contributed by atoms with Crippen LogP contribution < -0.4 is 10.6 Å². The number of azide groups is 1. The molecule has 1 unspecified atom stereocenters. The van der Waals surface area contributed by atoms with Crippen LogP contribution in [-0.2, 0) is 11.2 Å². The molecule has 100 valence electrons.